The summed E-state index contributed by atoms with van der Waals surface area (Å²) < 4.78 is 5.68. The summed E-state index contributed by atoms with van der Waals surface area (Å²) in [7, 11) is 0. The van der Waals surface area contributed by atoms with E-state index in [1.807, 2.05) is 24.3 Å². The molecule has 1 aromatic rings. The van der Waals surface area contributed by atoms with Crippen molar-refractivity contribution >= 4 is 11.6 Å². The van der Waals surface area contributed by atoms with Crippen molar-refractivity contribution < 1.29 is 4.74 Å². The molecule has 0 saturated heterocycles. The third kappa shape index (κ3) is 4.18. The van der Waals surface area contributed by atoms with E-state index in [-0.39, 0.29) is 6.04 Å². The standard InChI is InChI=1S/C15H22ClNO/c16-13-7-4-8-14(11-13)18-10-9-15(17)12-5-2-1-3-6-12/h4,7-8,11-12,15H,1-3,5-6,9-10,17H2. The topological polar surface area (TPSA) is 35.2 Å². The normalized spacial score (nSPS) is 18.6. The molecule has 0 amide bonds. The van der Waals surface area contributed by atoms with Crippen molar-refractivity contribution in [3.8, 4) is 5.75 Å². The van der Waals surface area contributed by atoms with Crippen LogP contribution in [0.4, 0.5) is 0 Å². The molecule has 1 atom stereocenters. The minimum absolute atomic E-state index is 0.282. The molecule has 1 aliphatic carbocycles. The van der Waals surface area contributed by atoms with Gasteiger partial charge in [-0.3, -0.25) is 0 Å². The average molecular weight is 268 g/mol. The van der Waals surface area contributed by atoms with Crippen LogP contribution in [-0.4, -0.2) is 12.6 Å². The fourth-order valence-electron chi connectivity index (χ4n) is 2.67. The van der Waals surface area contributed by atoms with Gasteiger partial charge in [-0.05, 0) is 43.4 Å². The fraction of sp³-hybridized carbons (Fsp3) is 0.600. The Morgan fingerprint density at radius 3 is 2.78 bits per heavy atom. The van der Waals surface area contributed by atoms with Crippen LogP contribution in [0.15, 0.2) is 24.3 Å². The summed E-state index contributed by atoms with van der Waals surface area (Å²) >= 11 is 5.90. The molecule has 2 nitrogen and oxygen atoms in total. The Hall–Kier alpha value is -0.730. The van der Waals surface area contributed by atoms with Crippen molar-refractivity contribution in [1.82, 2.24) is 0 Å². The number of benzene rings is 1. The van der Waals surface area contributed by atoms with Crippen molar-refractivity contribution in [2.45, 2.75) is 44.6 Å². The molecule has 0 heterocycles. The van der Waals surface area contributed by atoms with E-state index < -0.39 is 0 Å². The molecule has 0 spiro atoms. The minimum atomic E-state index is 0.282. The van der Waals surface area contributed by atoms with Gasteiger partial charge < -0.3 is 10.5 Å². The van der Waals surface area contributed by atoms with Gasteiger partial charge in [0, 0.05) is 11.1 Å². The van der Waals surface area contributed by atoms with E-state index >= 15 is 0 Å². The first-order chi connectivity index (χ1) is 8.75. The van der Waals surface area contributed by atoms with Gasteiger partial charge in [-0.15, -0.1) is 0 Å². The maximum atomic E-state index is 6.24. The number of hydrogen-bond donors (Lipinski definition) is 1. The first-order valence-electron chi connectivity index (χ1n) is 6.89. The van der Waals surface area contributed by atoms with E-state index in [1.54, 1.807) is 0 Å². The van der Waals surface area contributed by atoms with Crippen LogP contribution in [0.5, 0.6) is 5.75 Å². The molecule has 2 rings (SSSR count). The lowest BCUT2D eigenvalue weighted by Gasteiger charge is -2.27. The zero-order valence-corrected chi connectivity index (χ0v) is 11.5. The summed E-state index contributed by atoms with van der Waals surface area (Å²) in [6.07, 6.45) is 7.57. The Bertz CT molecular complexity index is 363. The predicted molar refractivity (Wildman–Crippen MR) is 76.1 cm³/mol. The monoisotopic (exact) mass is 267 g/mol. The van der Waals surface area contributed by atoms with Gasteiger partial charge >= 0.3 is 0 Å². The molecular formula is C15H22ClNO. The highest BCUT2D eigenvalue weighted by Gasteiger charge is 2.20. The molecule has 0 aliphatic heterocycles. The second-order valence-electron chi connectivity index (χ2n) is 5.16. The number of nitrogens with two attached hydrogens (primary N) is 1. The van der Waals surface area contributed by atoms with E-state index in [2.05, 4.69) is 0 Å². The zero-order valence-electron chi connectivity index (χ0n) is 10.8. The highest BCUT2D eigenvalue weighted by Crippen LogP contribution is 2.27. The van der Waals surface area contributed by atoms with E-state index in [0.717, 1.165) is 12.2 Å². The zero-order chi connectivity index (χ0) is 12.8. The van der Waals surface area contributed by atoms with Crippen LogP contribution in [0.25, 0.3) is 0 Å². The first-order valence-corrected chi connectivity index (χ1v) is 7.27. The molecular weight excluding hydrogens is 246 g/mol. The third-order valence-electron chi connectivity index (χ3n) is 3.77. The minimum Gasteiger partial charge on any atom is -0.493 e. The molecule has 18 heavy (non-hydrogen) atoms. The van der Waals surface area contributed by atoms with Gasteiger partial charge in [0.1, 0.15) is 5.75 Å². The van der Waals surface area contributed by atoms with Crippen molar-refractivity contribution in [2.24, 2.45) is 11.7 Å². The summed E-state index contributed by atoms with van der Waals surface area (Å²) in [5.41, 5.74) is 6.24. The number of hydrogen-bond acceptors (Lipinski definition) is 2. The highest BCUT2D eigenvalue weighted by molar-refractivity contribution is 6.30. The SMILES string of the molecule is NC(CCOc1cccc(Cl)c1)C1CCCCC1. The quantitative estimate of drug-likeness (QED) is 0.875. The second kappa shape index (κ2) is 7.01. The molecule has 100 valence electrons. The predicted octanol–water partition coefficient (Wildman–Crippen LogP) is 4.02. The van der Waals surface area contributed by atoms with Crippen LogP contribution in [0.2, 0.25) is 5.02 Å². The summed E-state index contributed by atoms with van der Waals surface area (Å²) in [6, 6.07) is 7.80. The number of ether oxygens (including phenoxy) is 1. The van der Waals surface area contributed by atoms with E-state index in [4.69, 9.17) is 22.1 Å². The maximum absolute atomic E-state index is 6.24. The Kier molecular flexibility index (Phi) is 5.33. The van der Waals surface area contributed by atoms with Crippen LogP contribution in [0, 0.1) is 5.92 Å². The van der Waals surface area contributed by atoms with E-state index in [1.165, 1.54) is 32.1 Å². The molecule has 1 aromatic carbocycles. The Morgan fingerprint density at radius 1 is 1.28 bits per heavy atom. The van der Waals surface area contributed by atoms with Gasteiger partial charge in [0.2, 0.25) is 0 Å². The molecule has 0 aromatic heterocycles. The molecule has 1 fully saturated rings. The fourth-order valence-corrected chi connectivity index (χ4v) is 2.85. The van der Waals surface area contributed by atoms with Crippen LogP contribution in [0.1, 0.15) is 38.5 Å². The third-order valence-corrected chi connectivity index (χ3v) is 4.01. The Morgan fingerprint density at radius 2 is 2.06 bits per heavy atom. The number of rotatable bonds is 5. The van der Waals surface area contributed by atoms with Crippen molar-refractivity contribution in [2.75, 3.05) is 6.61 Å². The van der Waals surface area contributed by atoms with Crippen LogP contribution in [-0.2, 0) is 0 Å². The van der Waals surface area contributed by atoms with Gasteiger partial charge in [-0.1, -0.05) is 36.9 Å². The molecule has 1 saturated carbocycles. The van der Waals surface area contributed by atoms with Crippen molar-refractivity contribution in [3.63, 3.8) is 0 Å². The summed E-state index contributed by atoms with van der Waals surface area (Å²) in [4.78, 5) is 0. The molecule has 2 N–H and O–H groups in total. The molecule has 1 unspecified atom stereocenters. The maximum Gasteiger partial charge on any atom is 0.120 e. The molecule has 1 aliphatic rings. The average Bonchev–Trinajstić information content (AvgIpc) is 2.40. The van der Waals surface area contributed by atoms with Crippen LogP contribution >= 0.6 is 11.6 Å². The van der Waals surface area contributed by atoms with Gasteiger partial charge in [-0.25, -0.2) is 0 Å². The molecule has 3 heteroatoms. The lowest BCUT2D eigenvalue weighted by molar-refractivity contribution is 0.243. The first kappa shape index (κ1) is 13.7. The Balaban J connectivity index is 1.71. The van der Waals surface area contributed by atoms with Gasteiger partial charge in [-0.2, -0.15) is 0 Å². The number of halogens is 1. The van der Waals surface area contributed by atoms with Crippen LogP contribution in [0.3, 0.4) is 0 Å². The van der Waals surface area contributed by atoms with Crippen LogP contribution < -0.4 is 10.5 Å². The van der Waals surface area contributed by atoms with E-state index in [9.17, 15) is 0 Å². The summed E-state index contributed by atoms with van der Waals surface area (Å²) in [5.74, 6) is 1.53. The van der Waals surface area contributed by atoms with Crippen molar-refractivity contribution in [3.05, 3.63) is 29.3 Å². The largest absolute Gasteiger partial charge is 0.493 e. The van der Waals surface area contributed by atoms with Gasteiger partial charge in [0.25, 0.3) is 0 Å². The van der Waals surface area contributed by atoms with E-state index in [0.29, 0.717) is 17.5 Å². The second-order valence-corrected chi connectivity index (χ2v) is 5.59. The summed E-state index contributed by atoms with van der Waals surface area (Å²) in [5, 5.41) is 0.712. The lowest BCUT2D eigenvalue weighted by Crippen LogP contribution is -2.33. The van der Waals surface area contributed by atoms with Gasteiger partial charge in [0.05, 0.1) is 6.61 Å². The molecule has 0 radical (unpaired) electrons. The summed E-state index contributed by atoms with van der Waals surface area (Å²) in [6.45, 7) is 0.679. The lowest BCUT2D eigenvalue weighted by atomic mass is 9.83. The van der Waals surface area contributed by atoms with Crippen molar-refractivity contribution in [1.29, 1.82) is 0 Å². The smallest absolute Gasteiger partial charge is 0.120 e. The Labute approximate surface area is 114 Å². The van der Waals surface area contributed by atoms with Gasteiger partial charge in [0.15, 0.2) is 0 Å². The highest BCUT2D eigenvalue weighted by atomic mass is 35.5. The molecule has 0 bridgehead atoms.